The van der Waals surface area contributed by atoms with E-state index in [1.165, 1.54) is 21.9 Å². The molecule has 0 bridgehead atoms. The third kappa shape index (κ3) is 3.43. The zero-order valence-electron chi connectivity index (χ0n) is 8.18. The van der Waals surface area contributed by atoms with Crippen molar-refractivity contribution in [3.63, 3.8) is 0 Å². The van der Waals surface area contributed by atoms with Crippen molar-refractivity contribution in [1.29, 1.82) is 5.26 Å². The summed E-state index contributed by atoms with van der Waals surface area (Å²) < 4.78 is 17.1. The van der Waals surface area contributed by atoms with Gasteiger partial charge >= 0.3 is 0 Å². The average molecular weight is 265 g/mol. The predicted molar refractivity (Wildman–Crippen MR) is 60.7 cm³/mol. The molecule has 1 aromatic rings. The summed E-state index contributed by atoms with van der Waals surface area (Å²) >= 11 is 6.97. The Bertz CT molecular complexity index is 497. The van der Waals surface area contributed by atoms with Crippen LogP contribution in [0.1, 0.15) is 4.88 Å². The number of hydrogen-bond acceptors (Lipinski definition) is 5. The van der Waals surface area contributed by atoms with Gasteiger partial charge in [0.1, 0.15) is 9.92 Å². The molecule has 0 spiro atoms. The van der Waals surface area contributed by atoms with Gasteiger partial charge in [-0.05, 0) is 0 Å². The molecule has 5 nitrogen and oxygen atoms in total. The molecule has 0 amide bonds. The van der Waals surface area contributed by atoms with Crippen molar-refractivity contribution >= 4 is 32.9 Å². The Morgan fingerprint density at radius 1 is 1.87 bits per heavy atom. The van der Waals surface area contributed by atoms with E-state index >= 15 is 0 Å². The zero-order valence-corrected chi connectivity index (χ0v) is 10.6. The maximum atomic E-state index is 11.8. The molecule has 8 heteroatoms. The van der Waals surface area contributed by atoms with Crippen molar-refractivity contribution in [3.05, 3.63) is 15.5 Å². The molecule has 0 aliphatic rings. The van der Waals surface area contributed by atoms with Crippen LogP contribution in [0.5, 0.6) is 0 Å². The molecular weight excluding hydrogens is 256 g/mol. The number of nitrogens with zero attached hydrogens (tertiary/aromatic N) is 4. The number of hydrogen-bond donors (Lipinski definition) is 0. The van der Waals surface area contributed by atoms with Crippen LogP contribution in [0.25, 0.3) is 0 Å². The Morgan fingerprint density at radius 3 is 3.00 bits per heavy atom. The fraction of sp³-hybridized carbons (Fsp3) is 0.429. The van der Waals surface area contributed by atoms with Gasteiger partial charge in [0.2, 0.25) is 6.19 Å². The molecule has 0 fully saturated rings. The van der Waals surface area contributed by atoms with Gasteiger partial charge in [0.15, 0.2) is 4.47 Å². The van der Waals surface area contributed by atoms with Crippen molar-refractivity contribution in [2.24, 2.45) is 4.36 Å². The van der Waals surface area contributed by atoms with Crippen LogP contribution in [-0.4, -0.2) is 26.8 Å². The summed E-state index contributed by atoms with van der Waals surface area (Å²) in [6.45, 7) is 0.408. The third-order valence-corrected chi connectivity index (χ3v) is 4.50. The Hall–Kier alpha value is -0.680. The highest BCUT2D eigenvalue weighted by atomic mass is 35.5. The van der Waals surface area contributed by atoms with Crippen molar-refractivity contribution in [2.75, 3.05) is 13.3 Å². The second kappa shape index (κ2) is 4.90. The van der Waals surface area contributed by atoms with Gasteiger partial charge < -0.3 is 0 Å². The minimum atomic E-state index is -2.62. The lowest BCUT2D eigenvalue weighted by molar-refractivity contribution is 0.520. The monoisotopic (exact) mass is 264 g/mol. The summed E-state index contributed by atoms with van der Waals surface area (Å²) in [7, 11) is -0.981. The van der Waals surface area contributed by atoms with E-state index < -0.39 is 9.92 Å². The topological polar surface area (TPSA) is 69.3 Å². The van der Waals surface area contributed by atoms with E-state index in [1.807, 2.05) is 0 Å². The Morgan fingerprint density at radius 2 is 2.53 bits per heavy atom. The van der Waals surface area contributed by atoms with Crippen LogP contribution in [0, 0.1) is 11.5 Å². The number of aromatic nitrogens is 1. The largest absolute Gasteiger partial charge is 0.233 e. The summed E-state index contributed by atoms with van der Waals surface area (Å²) in [5, 5.41) is 8.37. The molecule has 1 heterocycles. The second-order valence-electron chi connectivity index (χ2n) is 2.82. The van der Waals surface area contributed by atoms with Gasteiger partial charge in [-0.2, -0.15) is 5.26 Å². The Kier molecular flexibility index (Phi) is 4.04. The van der Waals surface area contributed by atoms with Crippen LogP contribution >= 0.6 is 22.9 Å². The minimum absolute atomic E-state index is 0.408. The number of halogens is 1. The van der Waals surface area contributed by atoms with Crippen molar-refractivity contribution in [1.82, 2.24) is 9.29 Å². The zero-order chi connectivity index (χ0) is 11.5. The van der Waals surface area contributed by atoms with Gasteiger partial charge in [-0.1, -0.05) is 11.6 Å². The maximum Gasteiger partial charge on any atom is 0.215 e. The lowest BCUT2D eigenvalue weighted by Crippen LogP contribution is -2.24. The van der Waals surface area contributed by atoms with Crippen molar-refractivity contribution in [2.45, 2.75) is 6.54 Å². The normalized spacial score (nSPS) is 14.6. The smallest absolute Gasteiger partial charge is 0.215 e. The van der Waals surface area contributed by atoms with Crippen LogP contribution in [0.2, 0.25) is 4.47 Å². The van der Waals surface area contributed by atoms with E-state index in [-0.39, 0.29) is 0 Å². The van der Waals surface area contributed by atoms with E-state index in [0.29, 0.717) is 11.0 Å². The highest BCUT2D eigenvalue weighted by Crippen LogP contribution is 2.19. The third-order valence-electron chi connectivity index (χ3n) is 1.69. The lowest BCUT2D eigenvalue weighted by atomic mass is 10.5. The number of rotatable bonds is 3. The summed E-state index contributed by atoms with van der Waals surface area (Å²) in [5.74, 6) is 0. The molecule has 0 N–H and O–H groups in total. The molecule has 0 aliphatic heterocycles. The van der Waals surface area contributed by atoms with Crippen LogP contribution < -0.4 is 0 Å². The van der Waals surface area contributed by atoms with Crippen LogP contribution in [0.4, 0.5) is 0 Å². The van der Waals surface area contributed by atoms with Gasteiger partial charge in [0.05, 0.1) is 0 Å². The van der Waals surface area contributed by atoms with E-state index in [0.717, 1.165) is 4.88 Å². The molecule has 0 radical (unpaired) electrons. The van der Waals surface area contributed by atoms with Crippen LogP contribution in [0.15, 0.2) is 10.6 Å². The second-order valence-corrected chi connectivity index (χ2v) is 6.85. The molecule has 82 valence electrons. The first-order valence-electron chi connectivity index (χ1n) is 3.87. The molecule has 1 rings (SSSR count). The SMILES string of the molecule is CN(Cc1cnc(Cl)s1)S(C)(=O)=NC#N. The minimum Gasteiger partial charge on any atom is -0.233 e. The standard InChI is InChI=1S/C7H9ClN4OS2/c1-12(15(2,13)11-5-9)4-6-3-10-7(8)14-6/h3H,4H2,1-2H3. The van der Waals surface area contributed by atoms with Gasteiger partial charge in [-0.25, -0.2) is 13.5 Å². The highest BCUT2D eigenvalue weighted by Gasteiger charge is 2.12. The first-order valence-corrected chi connectivity index (χ1v) is 6.95. The Labute approximate surface area is 97.6 Å². The molecule has 0 aliphatic carbocycles. The molecule has 0 saturated heterocycles. The quantitative estimate of drug-likeness (QED) is 0.781. The lowest BCUT2D eigenvalue weighted by Gasteiger charge is -2.15. The first-order chi connectivity index (χ1) is 6.95. The van der Waals surface area contributed by atoms with E-state index in [4.69, 9.17) is 16.9 Å². The van der Waals surface area contributed by atoms with E-state index in [2.05, 4.69) is 9.35 Å². The van der Waals surface area contributed by atoms with Crippen LogP contribution in [-0.2, 0) is 16.5 Å². The van der Waals surface area contributed by atoms with E-state index in [9.17, 15) is 4.21 Å². The summed E-state index contributed by atoms with van der Waals surface area (Å²) in [6.07, 6.45) is 4.58. The molecular formula is C7H9ClN4OS2. The average Bonchev–Trinajstić information content (AvgIpc) is 2.51. The van der Waals surface area contributed by atoms with E-state index in [1.54, 1.807) is 19.4 Å². The maximum absolute atomic E-state index is 11.8. The van der Waals surface area contributed by atoms with Gasteiger partial charge in [-0.3, -0.25) is 0 Å². The summed E-state index contributed by atoms with van der Waals surface area (Å²) in [5.41, 5.74) is 0. The van der Waals surface area contributed by atoms with Gasteiger partial charge in [-0.15, -0.1) is 15.7 Å². The first kappa shape index (κ1) is 12.4. The molecule has 1 unspecified atom stereocenters. The van der Waals surface area contributed by atoms with Crippen molar-refractivity contribution < 1.29 is 4.21 Å². The fourth-order valence-corrected chi connectivity index (χ4v) is 2.62. The Balaban J connectivity index is 2.81. The van der Waals surface area contributed by atoms with Crippen LogP contribution in [0.3, 0.4) is 0 Å². The molecule has 0 aromatic carbocycles. The summed E-state index contributed by atoms with van der Waals surface area (Å²) in [6, 6.07) is 0. The van der Waals surface area contributed by atoms with Crippen molar-refractivity contribution in [3.8, 4) is 6.19 Å². The number of nitriles is 1. The summed E-state index contributed by atoms with van der Waals surface area (Å²) in [4.78, 5) is 4.75. The fourth-order valence-electron chi connectivity index (χ4n) is 0.841. The van der Waals surface area contributed by atoms with Gasteiger partial charge in [0, 0.05) is 30.9 Å². The molecule has 0 saturated carbocycles. The van der Waals surface area contributed by atoms with Gasteiger partial charge in [0.25, 0.3) is 0 Å². The molecule has 1 atom stereocenters. The molecule has 1 aromatic heterocycles. The predicted octanol–water partition coefficient (Wildman–Crippen LogP) is 1.72. The number of thiazole rings is 1. The highest BCUT2D eigenvalue weighted by molar-refractivity contribution is 7.90. The molecule has 15 heavy (non-hydrogen) atoms.